The number of alkyl halides is 2. The van der Waals surface area contributed by atoms with E-state index in [0.717, 1.165) is 11.2 Å². The number of carbonyl (C=O) groups excluding carboxylic acids is 1. The minimum atomic E-state index is -2.81. The van der Waals surface area contributed by atoms with Gasteiger partial charge in [-0.15, -0.1) is 5.10 Å². The van der Waals surface area contributed by atoms with E-state index in [1.807, 2.05) is 0 Å². The molecule has 1 N–H and O–H groups in total. The number of aromatic nitrogens is 3. The normalized spacial score (nSPS) is 19.4. The second-order valence-corrected chi connectivity index (χ2v) is 3.94. The van der Waals surface area contributed by atoms with E-state index in [2.05, 4.69) is 15.6 Å². The van der Waals surface area contributed by atoms with Crippen molar-refractivity contribution in [3.8, 4) is 0 Å². The standard InChI is InChI=1S/C10H14F2N4O2/c1-2-18-10(17)7-8(9(11)12)16(15-14-7)6-3-4-13-5-6/h6,9,13H,2-5H2,1H3. The molecule has 0 radical (unpaired) electrons. The lowest BCUT2D eigenvalue weighted by atomic mass is 10.2. The maximum absolute atomic E-state index is 13.0. The van der Waals surface area contributed by atoms with Gasteiger partial charge in [-0.3, -0.25) is 0 Å². The van der Waals surface area contributed by atoms with E-state index in [9.17, 15) is 13.6 Å². The first-order chi connectivity index (χ1) is 8.65. The van der Waals surface area contributed by atoms with Crippen LogP contribution in [0.15, 0.2) is 0 Å². The molecular formula is C10H14F2N4O2. The maximum Gasteiger partial charge on any atom is 0.361 e. The molecule has 100 valence electrons. The van der Waals surface area contributed by atoms with Crippen LogP contribution in [-0.2, 0) is 4.74 Å². The molecule has 1 aliphatic heterocycles. The van der Waals surface area contributed by atoms with Crippen LogP contribution in [-0.4, -0.2) is 40.7 Å². The van der Waals surface area contributed by atoms with Crippen LogP contribution in [0.1, 0.15) is 42.0 Å². The summed E-state index contributed by atoms with van der Waals surface area (Å²) < 4.78 is 31.9. The third kappa shape index (κ3) is 2.33. The van der Waals surface area contributed by atoms with Crippen molar-refractivity contribution in [2.75, 3.05) is 19.7 Å². The van der Waals surface area contributed by atoms with E-state index in [1.54, 1.807) is 6.92 Å². The highest BCUT2D eigenvalue weighted by Gasteiger charge is 2.31. The van der Waals surface area contributed by atoms with Crippen molar-refractivity contribution in [1.29, 1.82) is 0 Å². The maximum atomic E-state index is 13.0. The zero-order valence-electron chi connectivity index (χ0n) is 9.90. The number of esters is 1. The Kier molecular flexibility index (Phi) is 3.85. The summed E-state index contributed by atoms with van der Waals surface area (Å²) in [5.41, 5.74) is -0.846. The molecule has 0 aliphatic carbocycles. The fourth-order valence-corrected chi connectivity index (χ4v) is 1.97. The molecule has 1 saturated heterocycles. The summed E-state index contributed by atoms with van der Waals surface area (Å²) in [6, 6.07) is -0.190. The van der Waals surface area contributed by atoms with Crippen LogP contribution in [0.5, 0.6) is 0 Å². The van der Waals surface area contributed by atoms with E-state index in [4.69, 9.17) is 4.74 Å². The van der Waals surface area contributed by atoms with Crippen molar-refractivity contribution in [3.63, 3.8) is 0 Å². The Morgan fingerprint density at radius 3 is 3.00 bits per heavy atom. The quantitative estimate of drug-likeness (QED) is 0.815. The van der Waals surface area contributed by atoms with Gasteiger partial charge in [-0.2, -0.15) is 0 Å². The lowest BCUT2D eigenvalue weighted by Crippen LogP contribution is -2.18. The van der Waals surface area contributed by atoms with Crippen molar-refractivity contribution in [3.05, 3.63) is 11.4 Å². The van der Waals surface area contributed by atoms with Gasteiger partial charge in [0.2, 0.25) is 0 Å². The summed E-state index contributed by atoms with van der Waals surface area (Å²) in [5.74, 6) is -0.856. The SMILES string of the molecule is CCOC(=O)c1nnn(C2CCNC2)c1C(F)F. The highest BCUT2D eigenvalue weighted by molar-refractivity contribution is 5.88. The van der Waals surface area contributed by atoms with Crippen LogP contribution < -0.4 is 5.32 Å². The van der Waals surface area contributed by atoms with Crippen LogP contribution in [0.25, 0.3) is 0 Å². The minimum Gasteiger partial charge on any atom is -0.461 e. The second-order valence-electron chi connectivity index (χ2n) is 3.94. The third-order valence-corrected chi connectivity index (χ3v) is 2.79. The molecule has 1 aromatic heterocycles. The summed E-state index contributed by atoms with van der Waals surface area (Å²) in [6.07, 6.45) is -2.12. The first-order valence-electron chi connectivity index (χ1n) is 5.76. The molecule has 1 aromatic rings. The molecule has 1 atom stereocenters. The summed E-state index contributed by atoms with van der Waals surface area (Å²) in [4.78, 5) is 11.5. The largest absolute Gasteiger partial charge is 0.461 e. The molecule has 0 saturated carbocycles. The van der Waals surface area contributed by atoms with Crippen LogP contribution in [0, 0.1) is 0 Å². The van der Waals surface area contributed by atoms with E-state index < -0.39 is 23.8 Å². The van der Waals surface area contributed by atoms with Gasteiger partial charge in [0.25, 0.3) is 6.43 Å². The first kappa shape index (κ1) is 12.9. The van der Waals surface area contributed by atoms with Crippen LogP contribution in [0.3, 0.4) is 0 Å². The molecule has 2 heterocycles. The van der Waals surface area contributed by atoms with Crippen molar-refractivity contribution >= 4 is 5.97 Å². The Morgan fingerprint density at radius 2 is 2.44 bits per heavy atom. The van der Waals surface area contributed by atoms with Gasteiger partial charge in [-0.25, -0.2) is 18.3 Å². The molecule has 18 heavy (non-hydrogen) atoms. The van der Waals surface area contributed by atoms with Gasteiger partial charge in [0.1, 0.15) is 5.69 Å². The number of hydrogen-bond acceptors (Lipinski definition) is 5. The predicted molar refractivity (Wildman–Crippen MR) is 57.5 cm³/mol. The van der Waals surface area contributed by atoms with Gasteiger partial charge < -0.3 is 10.1 Å². The summed E-state index contributed by atoms with van der Waals surface area (Å²) in [5, 5.41) is 10.3. The number of rotatable bonds is 4. The fraction of sp³-hybridized carbons (Fsp3) is 0.700. The number of hydrogen-bond donors (Lipinski definition) is 1. The zero-order chi connectivity index (χ0) is 13.1. The van der Waals surface area contributed by atoms with Crippen LogP contribution >= 0.6 is 0 Å². The molecule has 6 nitrogen and oxygen atoms in total. The topological polar surface area (TPSA) is 69.0 Å². The monoisotopic (exact) mass is 260 g/mol. The van der Waals surface area contributed by atoms with Crippen molar-refractivity contribution in [2.45, 2.75) is 25.8 Å². The first-order valence-corrected chi connectivity index (χ1v) is 5.76. The Balaban J connectivity index is 2.33. The van der Waals surface area contributed by atoms with Gasteiger partial charge in [-0.05, 0) is 19.9 Å². The number of carbonyl (C=O) groups is 1. The minimum absolute atomic E-state index is 0.110. The molecule has 0 spiro atoms. The molecule has 0 aromatic carbocycles. The Bertz CT molecular complexity index is 430. The average Bonchev–Trinajstić information content (AvgIpc) is 2.97. The summed E-state index contributed by atoms with van der Waals surface area (Å²) >= 11 is 0. The molecule has 1 fully saturated rings. The van der Waals surface area contributed by atoms with Crippen LogP contribution in [0.2, 0.25) is 0 Å². The predicted octanol–water partition coefficient (Wildman–Crippen LogP) is 0.927. The molecule has 1 unspecified atom stereocenters. The fourth-order valence-electron chi connectivity index (χ4n) is 1.97. The highest BCUT2D eigenvalue weighted by atomic mass is 19.3. The number of nitrogens with zero attached hydrogens (tertiary/aromatic N) is 3. The van der Waals surface area contributed by atoms with Gasteiger partial charge in [0, 0.05) is 6.54 Å². The number of halogens is 2. The smallest absolute Gasteiger partial charge is 0.361 e. The van der Waals surface area contributed by atoms with Crippen molar-refractivity contribution in [1.82, 2.24) is 20.3 Å². The van der Waals surface area contributed by atoms with Gasteiger partial charge in [0.05, 0.1) is 12.6 Å². The van der Waals surface area contributed by atoms with E-state index in [0.29, 0.717) is 13.0 Å². The van der Waals surface area contributed by atoms with Crippen LogP contribution in [0.4, 0.5) is 8.78 Å². The van der Waals surface area contributed by atoms with E-state index in [-0.39, 0.29) is 12.6 Å². The Hall–Kier alpha value is -1.57. The summed E-state index contributed by atoms with van der Waals surface area (Å²) in [7, 11) is 0. The zero-order valence-corrected chi connectivity index (χ0v) is 9.90. The Morgan fingerprint density at radius 1 is 1.67 bits per heavy atom. The molecule has 0 bridgehead atoms. The van der Waals surface area contributed by atoms with Gasteiger partial charge in [0.15, 0.2) is 5.69 Å². The van der Waals surface area contributed by atoms with Crippen molar-refractivity contribution in [2.24, 2.45) is 0 Å². The average molecular weight is 260 g/mol. The lowest BCUT2D eigenvalue weighted by molar-refractivity contribution is 0.0506. The second kappa shape index (κ2) is 5.38. The molecule has 2 rings (SSSR count). The summed E-state index contributed by atoms with van der Waals surface area (Å²) in [6.45, 7) is 3.00. The molecular weight excluding hydrogens is 246 g/mol. The van der Waals surface area contributed by atoms with Crippen molar-refractivity contribution < 1.29 is 18.3 Å². The Labute approximate surface area is 102 Å². The number of nitrogens with one attached hydrogen (secondary N) is 1. The number of ether oxygens (including phenoxy) is 1. The van der Waals surface area contributed by atoms with Gasteiger partial charge >= 0.3 is 5.97 Å². The molecule has 8 heteroatoms. The molecule has 0 amide bonds. The highest BCUT2D eigenvalue weighted by Crippen LogP contribution is 2.26. The van der Waals surface area contributed by atoms with E-state index in [1.165, 1.54) is 0 Å². The molecule has 1 aliphatic rings. The lowest BCUT2D eigenvalue weighted by Gasteiger charge is -2.12. The van der Waals surface area contributed by atoms with E-state index >= 15 is 0 Å². The van der Waals surface area contributed by atoms with Gasteiger partial charge in [-0.1, -0.05) is 5.21 Å². The third-order valence-electron chi connectivity index (χ3n) is 2.79.